The van der Waals surface area contributed by atoms with Crippen molar-refractivity contribution in [1.82, 2.24) is 9.80 Å². The van der Waals surface area contributed by atoms with Crippen molar-refractivity contribution in [3.8, 4) is 0 Å². The van der Waals surface area contributed by atoms with Crippen LogP contribution in [-0.2, 0) is 16.1 Å². The van der Waals surface area contributed by atoms with Crippen LogP contribution in [0.3, 0.4) is 0 Å². The zero-order valence-corrected chi connectivity index (χ0v) is 14.5. The molecule has 4 heteroatoms. The van der Waals surface area contributed by atoms with Crippen LogP contribution in [0.15, 0.2) is 30.3 Å². The predicted molar refractivity (Wildman–Crippen MR) is 91.7 cm³/mol. The second kappa shape index (κ2) is 8.14. The maximum Gasteiger partial charge on any atom is 0.228 e. The van der Waals surface area contributed by atoms with Gasteiger partial charge in [-0.15, -0.1) is 0 Å². The van der Waals surface area contributed by atoms with Gasteiger partial charge in [0.25, 0.3) is 0 Å². The van der Waals surface area contributed by atoms with Crippen molar-refractivity contribution in [2.45, 2.75) is 40.2 Å². The molecule has 0 saturated carbocycles. The van der Waals surface area contributed by atoms with E-state index in [4.69, 9.17) is 0 Å². The van der Waals surface area contributed by atoms with Gasteiger partial charge in [0.15, 0.2) is 0 Å². The van der Waals surface area contributed by atoms with E-state index in [0.29, 0.717) is 32.0 Å². The van der Waals surface area contributed by atoms with Gasteiger partial charge in [0.05, 0.1) is 5.92 Å². The molecule has 126 valence electrons. The highest BCUT2D eigenvalue weighted by molar-refractivity contribution is 5.89. The molecule has 23 heavy (non-hydrogen) atoms. The number of rotatable bonds is 7. The molecule has 4 nitrogen and oxygen atoms in total. The number of carbonyl (C=O) groups excluding carboxylic acids is 2. The van der Waals surface area contributed by atoms with Crippen molar-refractivity contribution in [2.75, 3.05) is 19.6 Å². The number of carbonyl (C=O) groups is 2. The van der Waals surface area contributed by atoms with Gasteiger partial charge < -0.3 is 9.80 Å². The van der Waals surface area contributed by atoms with Crippen LogP contribution in [0.5, 0.6) is 0 Å². The summed E-state index contributed by atoms with van der Waals surface area (Å²) in [5.74, 6) is 0.623. The van der Waals surface area contributed by atoms with Crippen molar-refractivity contribution in [3.63, 3.8) is 0 Å². The van der Waals surface area contributed by atoms with Crippen LogP contribution in [-0.4, -0.2) is 41.2 Å². The van der Waals surface area contributed by atoms with E-state index in [1.54, 1.807) is 0 Å². The lowest BCUT2D eigenvalue weighted by atomic mass is 10.1. The Hall–Kier alpha value is -1.84. The van der Waals surface area contributed by atoms with Crippen LogP contribution in [0.2, 0.25) is 0 Å². The van der Waals surface area contributed by atoms with E-state index in [1.807, 2.05) is 47.1 Å². The molecule has 1 fully saturated rings. The molecule has 1 atom stereocenters. The third kappa shape index (κ3) is 4.81. The Morgan fingerprint density at radius 3 is 2.61 bits per heavy atom. The Labute approximate surface area is 139 Å². The molecule has 1 aromatic carbocycles. The van der Waals surface area contributed by atoms with E-state index in [-0.39, 0.29) is 17.7 Å². The van der Waals surface area contributed by atoms with Gasteiger partial charge in [-0.25, -0.2) is 0 Å². The van der Waals surface area contributed by atoms with Crippen molar-refractivity contribution < 1.29 is 9.59 Å². The summed E-state index contributed by atoms with van der Waals surface area (Å²) in [5.41, 5.74) is 1.13. The first-order valence-corrected chi connectivity index (χ1v) is 8.61. The Morgan fingerprint density at radius 2 is 2.00 bits per heavy atom. The SMILES string of the molecule is CCN(Cc1ccccc1)C(=O)C1CC(=O)N(CCC(C)C)C1. The zero-order chi connectivity index (χ0) is 16.8. The van der Waals surface area contributed by atoms with Crippen molar-refractivity contribution >= 4 is 11.8 Å². The highest BCUT2D eigenvalue weighted by atomic mass is 16.2. The van der Waals surface area contributed by atoms with Gasteiger partial charge in [-0.1, -0.05) is 44.2 Å². The predicted octanol–water partition coefficient (Wildman–Crippen LogP) is 2.93. The molecule has 0 radical (unpaired) electrons. The van der Waals surface area contributed by atoms with Crippen molar-refractivity contribution in [3.05, 3.63) is 35.9 Å². The first-order chi connectivity index (χ1) is 11.0. The van der Waals surface area contributed by atoms with Gasteiger partial charge in [0, 0.05) is 32.6 Å². The van der Waals surface area contributed by atoms with E-state index in [2.05, 4.69) is 13.8 Å². The molecule has 0 N–H and O–H groups in total. The maximum atomic E-state index is 12.8. The fourth-order valence-corrected chi connectivity index (χ4v) is 2.98. The van der Waals surface area contributed by atoms with Gasteiger partial charge in [0.2, 0.25) is 11.8 Å². The number of nitrogens with zero attached hydrogens (tertiary/aromatic N) is 2. The average Bonchev–Trinajstić information content (AvgIpc) is 2.92. The van der Waals surface area contributed by atoms with E-state index in [1.165, 1.54) is 0 Å². The number of amides is 2. The van der Waals surface area contributed by atoms with Crippen molar-refractivity contribution in [1.29, 1.82) is 0 Å². The minimum Gasteiger partial charge on any atom is -0.342 e. The second-order valence-electron chi connectivity index (χ2n) is 6.76. The fraction of sp³-hybridized carbons (Fsp3) is 0.579. The summed E-state index contributed by atoms with van der Waals surface area (Å²) in [5, 5.41) is 0. The van der Waals surface area contributed by atoms with Gasteiger partial charge in [-0.05, 0) is 24.8 Å². The molecular formula is C19H28N2O2. The van der Waals surface area contributed by atoms with Crippen LogP contribution < -0.4 is 0 Å². The summed E-state index contributed by atoms with van der Waals surface area (Å²) < 4.78 is 0. The number of likely N-dealkylation sites (tertiary alicyclic amines) is 1. The van der Waals surface area contributed by atoms with Crippen LogP contribution in [0.1, 0.15) is 39.2 Å². The third-order valence-corrected chi connectivity index (χ3v) is 4.45. The number of hydrogen-bond acceptors (Lipinski definition) is 2. The lowest BCUT2D eigenvalue weighted by Gasteiger charge is -2.24. The Kier molecular flexibility index (Phi) is 6.20. The quantitative estimate of drug-likeness (QED) is 0.776. The third-order valence-electron chi connectivity index (χ3n) is 4.45. The van der Waals surface area contributed by atoms with E-state index < -0.39 is 0 Å². The normalized spacial score (nSPS) is 17.8. The minimum atomic E-state index is -0.182. The second-order valence-corrected chi connectivity index (χ2v) is 6.76. The standard InChI is InChI=1S/C19H28N2O2/c1-4-20(13-16-8-6-5-7-9-16)19(23)17-12-18(22)21(14-17)11-10-15(2)3/h5-9,15,17H,4,10-14H2,1-3H3. The molecular weight excluding hydrogens is 288 g/mol. The summed E-state index contributed by atoms with van der Waals surface area (Å²) in [6.07, 6.45) is 1.36. The topological polar surface area (TPSA) is 40.6 Å². The van der Waals surface area contributed by atoms with Crippen LogP contribution in [0, 0.1) is 11.8 Å². The zero-order valence-electron chi connectivity index (χ0n) is 14.5. The van der Waals surface area contributed by atoms with Crippen molar-refractivity contribution in [2.24, 2.45) is 11.8 Å². The molecule has 2 amide bonds. The van der Waals surface area contributed by atoms with Crippen LogP contribution in [0.4, 0.5) is 0 Å². The molecule has 1 aliphatic heterocycles. The highest BCUT2D eigenvalue weighted by Crippen LogP contribution is 2.22. The molecule has 2 rings (SSSR count). The number of benzene rings is 1. The molecule has 1 aliphatic rings. The lowest BCUT2D eigenvalue weighted by molar-refractivity contribution is -0.136. The van der Waals surface area contributed by atoms with Gasteiger partial charge in [-0.3, -0.25) is 9.59 Å². The lowest BCUT2D eigenvalue weighted by Crippen LogP contribution is -2.37. The van der Waals surface area contributed by atoms with Gasteiger partial charge >= 0.3 is 0 Å². The van der Waals surface area contributed by atoms with Crippen LogP contribution in [0.25, 0.3) is 0 Å². The van der Waals surface area contributed by atoms with Gasteiger partial charge in [0.1, 0.15) is 0 Å². The molecule has 0 spiro atoms. The molecule has 1 unspecified atom stereocenters. The summed E-state index contributed by atoms with van der Waals surface area (Å²) in [6.45, 7) is 8.94. The first kappa shape index (κ1) is 17.5. The van der Waals surface area contributed by atoms with E-state index in [0.717, 1.165) is 18.5 Å². The van der Waals surface area contributed by atoms with Gasteiger partial charge in [-0.2, -0.15) is 0 Å². The Balaban J connectivity index is 1.94. The first-order valence-electron chi connectivity index (χ1n) is 8.61. The summed E-state index contributed by atoms with van der Waals surface area (Å²) in [7, 11) is 0. The highest BCUT2D eigenvalue weighted by Gasteiger charge is 2.35. The smallest absolute Gasteiger partial charge is 0.228 e. The van der Waals surface area contributed by atoms with E-state index in [9.17, 15) is 9.59 Å². The van der Waals surface area contributed by atoms with Crippen LogP contribution >= 0.6 is 0 Å². The number of hydrogen-bond donors (Lipinski definition) is 0. The minimum absolute atomic E-state index is 0.108. The largest absolute Gasteiger partial charge is 0.342 e. The molecule has 0 aromatic heterocycles. The summed E-state index contributed by atoms with van der Waals surface area (Å²) in [4.78, 5) is 28.6. The average molecular weight is 316 g/mol. The Bertz CT molecular complexity index is 527. The Morgan fingerprint density at radius 1 is 1.30 bits per heavy atom. The fourth-order valence-electron chi connectivity index (χ4n) is 2.98. The molecule has 0 aliphatic carbocycles. The summed E-state index contributed by atoms with van der Waals surface area (Å²) >= 11 is 0. The molecule has 0 bridgehead atoms. The molecule has 1 aromatic rings. The van der Waals surface area contributed by atoms with E-state index >= 15 is 0 Å². The maximum absolute atomic E-state index is 12.8. The molecule has 1 saturated heterocycles. The molecule has 1 heterocycles. The monoisotopic (exact) mass is 316 g/mol. The summed E-state index contributed by atoms with van der Waals surface area (Å²) in [6, 6.07) is 10.0.